The lowest BCUT2D eigenvalue weighted by molar-refractivity contribution is -0.140. The molecule has 0 saturated carbocycles. The zero-order valence-corrected chi connectivity index (χ0v) is 6.77. The van der Waals surface area contributed by atoms with Crippen LogP contribution in [0.15, 0.2) is 9.98 Å². The van der Waals surface area contributed by atoms with Gasteiger partial charge in [-0.2, -0.15) is 0 Å². The summed E-state index contributed by atoms with van der Waals surface area (Å²) in [6.07, 6.45) is 1.18. The zero-order valence-electron chi connectivity index (χ0n) is 6.77. The SMILES string of the molecule is COC(=O)C1C=NC(=O)C(C)=N1. The average Bonchev–Trinajstić information content (AvgIpc) is 2.08. The highest BCUT2D eigenvalue weighted by molar-refractivity contribution is 6.41. The maximum absolute atomic E-state index is 10.9. The summed E-state index contributed by atoms with van der Waals surface area (Å²) < 4.78 is 4.42. The van der Waals surface area contributed by atoms with E-state index < -0.39 is 17.9 Å². The Morgan fingerprint density at radius 1 is 1.67 bits per heavy atom. The molecule has 0 aromatic heterocycles. The molecule has 0 fully saturated rings. The Labute approximate surface area is 69.2 Å². The Bertz CT molecular complexity index is 280. The maximum atomic E-state index is 10.9. The Hall–Kier alpha value is -1.52. The van der Waals surface area contributed by atoms with Crippen molar-refractivity contribution in [3.05, 3.63) is 0 Å². The van der Waals surface area contributed by atoms with Crippen LogP contribution >= 0.6 is 0 Å². The molecule has 1 aliphatic rings. The van der Waals surface area contributed by atoms with Gasteiger partial charge in [-0.25, -0.2) is 9.79 Å². The molecule has 5 nitrogen and oxygen atoms in total. The van der Waals surface area contributed by atoms with Crippen LogP contribution < -0.4 is 0 Å². The lowest BCUT2D eigenvalue weighted by atomic mass is 10.2. The number of hydrogen-bond acceptors (Lipinski definition) is 4. The molecule has 1 rings (SSSR count). The second-order valence-electron chi connectivity index (χ2n) is 2.27. The third-order valence-electron chi connectivity index (χ3n) is 1.42. The number of esters is 1. The van der Waals surface area contributed by atoms with E-state index in [0.717, 1.165) is 0 Å². The number of amides is 1. The minimum atomic E-state index is -0.757. The predicted octanol–water partition coefficient (Wildman–Crippen LogP) is -0.400. The van der Waals surface area contributed by atoms with Crippen molar-refractivity contribution in [2.75, 3.05) is 7.11 Å². The zero-order chi connectivity index (χ0) is 9.14. The van der Waals surface area contributed by atoms with Gasteiger partial charge in [-0.05, 0) is 6.92 Å². The monoisotopic (exact) mass is 168 g/mol. The molecular formula is C7H8N2O3. The van der Waals surface area contributed by atoms with Gasteiger partial charge in [-0.1, -0.05) is 0 Å². The maximum Gasteiger partial charge on any atom is 0.336 e. The summed E-state index contributed by atoms with van der Waals surface area (Å²) in [5.41, 5.74) is 0.230. The average molecular weight is 168 g/mol. The Balaban J connectivity index is 2.79. The second kappa shape index (κ2) is 3.25. The lowest BCUT2D eigenvalue weighted by Gasteiger charge is -2.08. The standard InChI is InChI=1S/C7H8N2O3/c1-4-6(10)8-3-5(9-4)7(11)12-2/h3,5H,1-2H3. The van der Waals surface area contributed by atoms with E-state index >= 15 is 0 Å². The van der Waals surface area contributed by atoms with Crippen molar-refractivity contribution in [1.29, 1.82) is 0 Å². The molecule has 0 spiro atoms. The third kappa shape index (κ3) is 1.55. The molecule has 1 unspecified atom stereocenters. The van der Waals surface area contributed by atoms with Gasteiger partial charge < -0.3 is 4.74 Å². The van der Waals surface area contributed by atoms with Gasteiger partial charge >= 0.3 is 5.97 Å². The van der Waals surface area contributed by atoms with Crippen LogP contribution in [0, 0.1) is 0 Å². The van der Waals surface area contributed by atoms with Crippen molar-refractivity contribution in [3.63, 3.8) is 0 Å². The van der Waals surface area contributed by atoms with Gasteiger partial charge in [0.2, 0.25) is 0 Å². The second-order valence-corrected chi connectivity index (χ2v) is 2.27. The van der Waals surface area contributed by atoms with Crippen LogP contribution in [-0.2, 0) is 14.3 Å². The Morgan fingerprint density at radius 2 is 2.33 bits per heavy atom. The van der Waals surface area contributed by atoms with Crippen molar-refractivity contribution in [1.82, 2.24) is 0 Å². The van der Waals surface area contributed by atoms with Crippen molar-refractivity contribution >= 4 is 23.8 Å². The van der Waals surface area contributed by atoms with Crippen LogP contribution in [0.2, 0.25) is 0 Å². The highest BCUT2D eigenvalue weighted by Gasteiger charge is 2.21. The van der Waals surface area contributed by atoms with Crippen LogP contribution in [0.1, 0.15) is 6.92 Å². The molecule has 0 saturated heterocycles. The van der Waals surface area contributed by atoms with E-state index in [1.54, 1.807) is 0 Å². The van der Waals surface area contributed by atoms with E-state index in [-0.39, 0.29) is 5.71 Å². The van der Waals surface area contributed by atoms with Gasteiger partial charge in [0.1, 0.15) is 5.71 Å². The third-order valence-corrected chi connectivity index (χ3v) is 1.42. The Kier molecular flexibility index (Phi) is 2.32. The molecule has 0 N–H and O–H groups in total. The van der Waals surface area contributed by atoms with Crippen molar-refractivity contribution in [3.8, 4) is 0 Å². The molecule has 0 radical (unpaired) electrons. The van der Waals surface area contributed by atoms with Crippen molar-refractivity contribution < 1.29 is 14.3 Å². The van der Waals surface area contributed by atoms with Crippen LogP contribution in [0.4, 0.5) is 0 Å². The van der Waals surface area contributed by atoms with Crippen LogP contribution in [-0.4, -0.2) is 37.0 Å². The summed E-state index contributed by atoms with van der Waals surface area (Å²) in [7, 11) is 1.26. The van der Waals surface area contributed by atoms with E-state index in [1.165, 1.54) is 20.2 Å². The highest BCUT2D eigenvalue weighted by atomic mass is 16.5. The number of rotatable bonds is 1. The summed E-state index contributed by atoms with van der Waals surface area (Å²) in [5.74, 6) is -0.916. The molecule has 12 heavy (non-hydrogen) atoms. The fourth-order valence-corrected chi connectivity index (χ4v) is 0.763. The number of aliphatic imine (C=N–C) groups is 2. The minimum absolute atomic E-state index is 0.230. The number of carbonyl (C=O) groups is 2. The summed E-state index contributed by atoms with van der Waals surface area (Å²) in [6.45, 7) is 1.51. The number of nitrogens with zero attached hydrogens (tertiary/aromatic N) is 2. The normalized spacial score (nSPS) is 22.0. The molecule has 64 valence electrons. The lowest BCUT2D eigenvalue weighted by Crippen LogP contribution is -2.28. The predicted molar refractivity (Wildman–Crippen MR) is 42.4 cm³/mol. The van der Waals surface area contributed by atoms with E-state index in [9.17, 15) is 9.59 Å². The fraction of sp³-hybridized carbons (Fsp3) is 0.429. The molecule has 1 aliphatic heterocycles. The Morgan fingerprint density at radius 3 is 2.83 bits per heavy atom. The van der Waals surface area contributed by atoms with Gasteiger partial charge in [-0.3, -0.25) is 9.79 Å². The van der Waals surface area contributed by atoms with Gasteiger partial charge in [0, 0.05) is 6.21 Å². The van der Waals surface area contributed by atoms with Gasteiger partial charge in [0.05, 0.1) is 7.11 Å². The van der Waals surface area contributed by atoms with Gasteiger partial charge in [0.15, 0.2) is 6.04 Å². The first-order valence-corrected chi connectivity index (χ1v) is 3.36. The van der Waals surface area contributed by atoms with Crippen LogP contribution in [0.3, 0.4) is 0 Å². The molecule has 0 aromatic carbocycles. The number of carbonyl (C=O) groups excluding carboxylic acids is 2. The number of methoxy groups -OCH3 is 1. The van der Waals surface area contributed by atoms with Gasteiger partial charge in [-0.15, -0.1) is 0 Å². The molecule has 1 amide bonds. The molecule has 0 aliphatic carbocycles. The summed E-state index contributed by atoms with van der Waals surface area (Å²) >= 11 is 0. The molecule has 1 atom stereocenters. The van der Waals surface area contributed by atoms with E-state index in [1.807, 2.05) is 0 Å². The van der Waals surface area contributed by atoms with Crippen LogP contribution in [0.5, 0.6) is 0 Å². The minimum Gasteiger partial charge on any atom is -0.467 e. The van der Waals surface area contributed by atoms with Gasteiger partial charge in [0.25, 0.3) is 5.91 Å². The first-order chi connectivity index (χ1) is 5.65. The number of ether oxygens (including phenoxy) is 1. The quantitative estimate of drug-likeness (QED) is 0.500. The molecule has 1 heterocycles. The van der Waals surface area contributed by atoms with Crippen molar-refractivity contribution in [2.45, 2.75) is 13.0 Å². The smallest absolute Gasteiger partial charge is 0.336 e. The number of hydrogen-bond donors (Lipinski definition) is 0. The molecule has 0 bridgehead atoms. The van der Waals surface area contributed by atoms with Crippen LogP contribution in [0.25, 0.3) is 0 Å². The summed E-state index contributed by atoms with van der Waals surface area (Å²) in [4.78, 5) is 28.9. The molecule has 0 aromatic rings. The first-order valence-electron chi connectivity index (χ1n) is 3.36. The van der Waals surface area contributed by atoms with Crippen molar-refractivity contribution in [2.24, 2.45) is 9.98 Å². The summed E-state index contributed by atoms with van der Waals surface area (Å²) in [6, 6.07) is -0.757. The topological polar surface area (TPSA) is 68.1 Å². The highest BCUT2D eigenvalue weighted by Crippen LogP contribution is 1.99. The fourth-order valence-electron chi connectivity index (χ4n) is 0.763. The summed E-state index contributed by atoms with van der Waals surface area (Å²) in [5, 5.41) is 0. The first kappa shape index (κ1) is 8.58. The largest absolute Gasteiger partial charge is 0.467 e. The van der Waals surface area contributed by atoms with E-state index in [0.29, 0.717) is 0 Å². The molecular weight excluding hydrogens is 160 g/mol. The van der Waals surface area contributed by atoms with E-state index in [4.69, 9.17) is 0 Å². The van der Waals surface area contributed by atoms with E-state index in [2.05, 4.69) is 14.7 Å². The molecule has 5 heteroatoms.